The fourth-order valence-electron chi connectivity index (χ4n) is 1.43. The first-order valence-electron chi connectivity index (χ1n) is 6.04. The number of anilines is 1. The maximum absolute atomic E-state index is 11.2. The summed E-state index contributed by atoms with van der Waals surface area (Å²) in [4.78, 5) is 15.5. The predicted molar refractivity (Wildman–Crippen MR) is 83.6 cm³/mol. The zero-order chi connectivity index (χ0) is 15.2. The van der Waals surface area contributed by atoms with E-state index in [0.717, 1.165) is 0 Å². The third-order valence-electron chi connectivity index (χ3n) is 2.31. The number of nitrogens with one attached hydrogen (secondary N) is 1. The summed E-state index contributed by atoms with van der Waals surface area (Å²) in [5.41, 5.74) is 0.679. The Labute approximate surface area is 135 Å². The number of thiazole rings is 1. The van der Waals surface area contributed by atoms with Crippen LogP contribution in [0.5, 0.6) is 5.75 Å². The number of amides is 1. The summed E-state index contributed by atoms with van der Waals surface area (Å²) in [6.45, 7) is 2.28. The van der Waals surface area contributed by atoms with Crippen molar-refractivity contribution < 1.29 is 14.3 Å². The highest BCUT2D eigenvalue weighted by Crippen LogP contribution is 2.28. The number of carbonyl (C=O) groups is 1. The Balaban J connectivity index is 1.92. The molecule has 0 spiro atoms. The van der Waals surface area contributed by atoms with Crippen LogP contribution in [0.3, 0.4) is 0 Å². The maximum atomic E-state index is 11.2. The number of hydrogen-bond donors (Lipinski definition) is 1. The minimum atomic E-state index is -0.528. The molecular weight excluding hydrogens is 335 g/mol. The third kappa shape index (κ3) is 4.77. The van der Waals surface area contributed by atoms with Crippen molar-refractivity contribution in [3.05, 3.63) is 39.3 Å². The van der Waals surface area contributed by atoms with E-state index in [1.807, 2.05) is 0 Å². The van der Waals surface area contributed by atoms with Crippen LogP contribution in [-0.2, 0) is 11.3 Å². The molecule has 0 radical (unpaired) electrons. The predicted octanol–water partition coefficient (Wildman–Crippen LogP) is 4.60. The van der Waals surface area contributed by atoms with E-state index in [9.17, 15) is 4.79 Å². The first kappa shape index (κ1) is 15.9. The van der Waals surface area contributed by atoms with Gasteiger partial charge in [-0.15, -0.1) is 11.3 Å². The van der Waals surface area contributed by atoms with Crippen molar-refractivity contribution in [1.29, 1.82) is 0 Å². The average Bonchev–Trinajstić information content (AvgIpc) is 2.85. The van der Waals surface area contributed by atoms with Crippen LogP contribution in [-0.4, -0.2) is 17.7 Å². The van der Waals surface area contributed by atoms with Crippen LogP contribution in [0.2, 0.25) is 10.0 Å². The lowest BCUT2D eigenvalue weighted by atomic mass is 10.3. The van der Waals surface area contributed by atoms with Gasteiger partial charge in [0.05, 0.1) is 17.3 Å². The van der Waals surface area contributed by atoms with Gasteiger partial charge in [0, 0.05) is 10.4 Å². The summed E-state index contributed by atoms with van der Waals surface area (Å²) in [6.07, 6.45) is -0.528. The molecule has 21 heavy (non-hydrogen) atoms. The van der Waals surface area contributed by atoms with Crippen molar-refractivity contribution in [2.24, 2.45) is 0 Å². The Hall–Kier alpha value is -1.50. The molecule has 0 bridgehead atoms. The molecule has 0 aliphatic carbocycles. The molecule has 0 saturated carbocycles. The topological polar surface area (TPSA) is 60.5 Å². The molecule has 1 heterocycles. The van der Waals surface area contributed by atoms with Gasteiger partial charge in [-0.2, -0.15) is 0 Å². The molecule has 1 N–H and O–H groups in total. The second kappa shape index (κ2) is 7.49. The maximum Gasteiger partial charge on any atom is 0.413 e. The molecular formula is C13H12Cl2N2O3S. The largest absolute Gasteiger partial charge is 0.486 e. The summed E-state index contributed by atoms with van der Waals surface area (Å²) in [5.74, 6) is 0.522. The average molecular weight is 347 g/mol. The van der Waals surface area contributed by atoms with E-state index in [2.05, 4.69) is 10.3 Å². The van der Waals surface area contributed by atoms with Gasteiger partial charge in [-0.1, -0.05) is 23.2 Å². The molecule has 0 saturated heterocycles. The SMILES string of the molecule is CCOC(=O)Nc1nc(COc2ccc(Cl)cc2Cl)cs1. The molecule has 5 nitrogen and oxygen atoms in total. The summed E-state index contributed by atoms with van der Waals surface area (Å²) in [5, 5.41) is 5.74. The molecule has 1 amide bonds. The van der Waals surface area contributed by atoms with Gasteiger partial charge < -0.3 is 9.47 Å². The normalized spacial score (nSPS) is 10.2. The lowest BCUT2D eigenvalue weighted by Crippen LogP contribution is -2.13. The first-order valence-corrected chi connectivity index (χ1v) is 7.68. The zero-order valence-corrected chi connectivity index (χ0v) is 13.4. The Morgan fingerprint density at radius 3 is 2.95 bits per heavy atom. The fraction of sp³-hybridized carbons (Fsp3) is 0.231. The quantitative estimate of drug-likeness (QED) is 0.859. The van der Waals surface area contributed by atoms with Crippen LogP contribution in [0.4, 0.5) is 9.93 Å². The Morgan fingerprint density at radius 1 is 1.43 bits per heavy atom. The van der Waals surface area contributed by atoms with E-state index in [1.54, 1.807) is 30.5 Å². The lowest BCUT2D eigenvalue weighted by molar-refractivity contribution is 0.168. The van der Waals surface area contributed by atoms with Crippen LogP contribution in [0.25, 0.3) is 0 Å². The van der Waals surface area contributed by atoms with E-state index >= 15 is 0 Å². The number of hydrogen-bond acceptors (Lipinski definition) is 5. The van der Waals surface area contributed by atoms with Crippen molar-refractivity contribution in [3.8, 4) is 5.75 Å². The number of carbonyl (C=O) groups excluding carboxylic acids is 1. The van der Waals surface area contributed by atoms with Crippen LogP contribution in [0, 0.1) is 0 Å². The van der Waals surface area contributed by atoms with E-state index in [1.165, 1.54) is 11.3 Å². The Morgan fingerprint density at radius 2 is 2.24 bits per heavy atom. The van der Waals surface area contributed by atoms with Crippen molar-refractivity contribution in [3.63, 3.8) is 0 Å². The van der Waals surface area contributed by atoms with Gasteiger partial charge >= 0.3 is 6.09 Å². The Kier molecular flexibility index (Phi) is 5.67. The summed E-state index contributed by atoms with van der Waals surface area (Å²) < 4.78 is 10.3. The highest BCUT2D eigenvalue weighted by molar-refractivity contribution is 7.13. The molecule has 0 aliphatic rings. The van der Waals surface area contributed by atoms with Crippen LogP contribution < -0.4 is 10.1 Å². The number of benzene rings is 1. The molecule has 1 aromatic carbocycles. The number of nitrogens with zero attached hydrogens (tertiary/aromatic N) is 1. The van der Waals surface area contributed by atoms with Gasteiger partial charge in [0.15, 0.2) is 5.13 Å². The van der Waals surface area contributed by atoms with Crippen LogP contribution in [0.1, 0.15) is 12.6 Å². The van der Waals surface area contributed by atoms with Crippen LogP contribution >= 0.6 is 34.5 Å². The van der Waals surface area contributed by atoms with Crippen molar-refractivity contribution in [2.75, 3.05) is 11.9 Å². The number of halogens is 2. The number of ether oxygens (including phenoxy) is 2. The third-order valence-corrected chi connectivity index (χ3v) is 3.64. The molecule has 2 aromatic rings. The second-order valence-corrected chi connectivity index (χ2v) is 5.55. The summed E-state index contributed by atoms with van der Waals surface area (Å²) >= 11 is 13.1. The van der Waals surface area contributed by atoms with Gasteiger partial charge in [-0.3, -0.25) is 5.32 Å². The molecule has 0 aliphatic heterocycles. The molecule has 0 unspecified atom stereocenters. The van der Waals surface area contributed by atoms with Crippen LogP contribution in [0.15, 0.2) is 23.6 Å². The van der Waals surface area contributed by atoms with E-state index < -0.39 is 6.09 Å². The van der Waals surface area contributed by atoms with Gasteiger partial charge in [-0.05, 0) is 25.1 Å². The minimum absolute atomic E-state index is 0.238. The lowest BCUT2D eigenvalue weighted by Gasteiger charge is -2.06. The van der Waals surface area contributed by atoms with E-state index in [4.69, 9.17) is 32.7 Å². The molecule has 2 rings (SSSR count). The fourth-order valence-corrected chi connectivity index (χ4v) is 2.57. The summed E-state index contributed by atoms with van der Waals surface area (Å²) in [6, 6.07) is 4.99. The van der Waals surface area contributed by atoms with Gasteiger partial charge in [0.2, 0.25) is 0 Å². The van der Waals surface area contributed by atoms with Crippen molar-refractivity contribution >= 4 is 45.8 Å². The van der Waals surface area contributed by atoms with Crippen molar-refractivity contribution in [2.45, 2.75) is 13.5 Å². The van der Waals surface area contributed by atoms with E-state index in [0.29, 0.717) is 33.2 Å². The minimum Gasteiger partial charge on any atom is -0.486 e. The highest BCUT2D eigenvalue weighted by atomic mass is 35.5. The number of rotatable bonds is 5. The summed E-state index contributed by atoms with van der Waals surface area (Å²) in [7, 11) is 0. The van der Waals surface area contributed by atoms with Gasteiger partial charge in [0.1, 0.15) is 12.4 Å². The van der Waals surface area contributed by atoms with Crippen molar-refractivity contribution in [1.82, 2.24) is 4.98 Å². The van der Waals surface area contributed by atoms with Gasteiger partial charge in [0.25, 0.3) is 0 Å². The molecule has 0 fully saturated rings. The molecule has 8 heteroatoms. The smallest absolute Gasteiger partial charge is 0.413 e. The monoisotopic (exact) mass is 346 g/mol. The second-order valence-electron chi connectivity index (χ2n) is 3.85. The highest BCUT2D eigenvalue weighted by Gasteiger charge is 2.08. The Bertz CT molecular complexity index is 634. The van der Waals surface area contributed by atoms with E-state index in [-0.39, 0.29) is 6.61 Å². The zero-order valence-electron chi connectivity index (χ0n) is 11.1. The molecule has 0 atom stereocenters. The molecule has 112 valence electrons. The standard InChI is InChI=1S/C13H12Cl2N2O3S/c1-2-19-13(18)17-12-16-9(7-21-12)6-20-11-4-3-8(14)5-10(11)15/h3-5,7H,2,6H2,1H3,(H,16,17,18). The molecule has 1 aromatic heterocycles. The van der Waals surface area contributed by atoms with Gasteiger partial charge in [-0.25, -0.2) is 9.78 Å². The first-order chi connectivity index (χ1) is 10.1. The number of aromatic nitrogens is 1.